The molecule has 3 aromatic rings. The van der Waals surface area contributed by atoms with Crippen LogP contribution in [-0.4, -0.2) is 49.6 Å². The van der Waals surface area contributed by atoms with Gasteiger partial charge < -0.3 is 9.72 Å². The van der Waals surface area contributed by atoms with Crippen LogP contribution in [0.2, 0.25) is 0 Å². The normalized spacial score (nSPS) is 21.2. The van der Waals surface area contributed by atoms with Crippen molar-refractivity contribution in [2.24, 2.45) is 0 Å². The molecule has 1 N–H and O–H groups in total. The Morgan fingerprint density at radius 2 is 2.12 bits per heavy atom. The number of alkyl halides is 1. The summed E-state index contributed by atoms with van der Waals surface area (Å²) in [6, 6.07) is 6.25. The third-order valence-electron chi connectivity index (χ3n) is 4.68. The van der Waals surface area contributed by atoms with E-state index >= 15 is 0 Å². The molecule has 1 aliphatic heterocycles. The summed E-state index contributed by atoms with van der Waals surface area (Å²) < 4.78 is 16.0. The van der Waals surface area contributed by atoms with Crippen LogP contribution in [0, 0.1) is 0 Å². The Kier molecular flexibility index (Phi) is 4.67. The molecule has 0 aromatic carbocycles. The Hall–Kier alpha value is -2.38. The quantitative estimate of drug-likeness (QED) is 0.742. The lowest BCUT2D eigenvalue weighted by molar-refractivity contribution is 0.229. The fraction of sp³-hybridized carbons (Fsp3) is 0.389. The molecule has 4 rings (SSSR count). The first-order valence-electron chi connectivity index (χ1n) is 8.53. The zero-order valence-electron chi connectivity index (χ0n) is 13.9. The minimum Gasteiger partial charge on any atom is -0.310 e. The number of halogens is 1. The SMILES string of the molecule is F[C@H]1C[C@@H](CNCc2cccc3nccn23)N(Cc2cncnc2)C1. The van der Waals surface area contributed by atoms with Gasteiger partial charge in [0.15, 0.2) is 0 Å². The lowest BCUT2D eigenvalue weighted by Gasteiger charge is -2.24. The fourth-order valence-electron chi connectivity index (χ4n) is 3.49. The maximum Gasteiger partial charge on any atom is 0.136 e. The van der Waals surface area contributed by atoms with Gasteiger partial charge in [0.25, 0.3) is 0 Å². The predicted octanol–water partition coefficient (Wildman–Crippen LogP) is 1.83. The van der Waals surface area contributed by atoms with Crippen molar-refractivity contribution < 1.29 is 4.39 Å². The number of rotatable bonds is 6. The first-order valence-corrected chi connectivity index (χ1v) is 8.53. The molecule has 0 spiro atoms. The number of likely N-dealkylation sites (tertiary alicyclic amines) is 1. The minimum absolute atomic E-state index is 0.178. The fourth-order valence-corrected chi connectivity index (χ4v) is 3.49. The standard InChI is InChI=1S/C18H21FN6/c19-15-6-17(24(12-15)11-14-7-21-13-22-8-14)10-20-9-16-2-1-3-18-23-4-5-25(16)18/h1-5,7-8,13,15,17,20H,6,9-12H2/t15-,17-/m0/s1. The van der Waals surface area contributed by atoms with Crippen LogP contribution in [-0.2, 0) is 13.1 Å². The van der Waals surface area contributed by atoms with Gasteiger partial charge in [0.2, 0.25) is 0 Å². The Balaban J connectivity index is 1.37. The summed E-state index contributed by atoms with van der Waals surface area (Å²) in [6.45, 7) is 2.63. The van der Waals surface area contributed by atoms with E-state index in [0.29, 0.717) is 19.5 Å². The Morgan fingerprint density at radius 3 is 3.00 bits per heavy atom. The molecule has 0 saturated carbocycles. The molecule has 0 aliphatic carbocycles. The maximum absolute atomic E-state index is 13.9. The molecule has 6 nitrogen and oxygen atoms in total. The first-order chi connectivity index (χ1) is 12.3. The molecule has 25 heavy (non-hydrogen) atoms. The summed E-state index contributed by atoms with van der Waals surface area (Å²) in [7, 11) is 0. The molecule has 0 radical (unpaired) electrons. The van der Waals surface area contributed by atoms with E-state index < -0.39 is 6.17 Å². The molecule has 1 aliphatic rings. The van der Waals surface area contributed by atoms with Gasteiger partial charge in [0, 0.05) is 68.3 Å². The van der Waals surface area contributed by atoms with Crippen molar-refractivity contribution in [3.05, 3.63) is 60.6 Å². The third kappa shape index (κ3) is 3.67. The van der Waals surface area contributed by atoms with Gasteiger partial charge in [0.1, 0.15) is 18.1 Å². The number of nitrogens with one attached hydrogen (secondary N) is 1. The van der Waals surface area contributed by atoms with Crippen molar-refractivity contribution in [2.45, 2.75) is 31.7 Å². The van der Waals surface area contributed by atoms with Gasteiger partial charge in [-0.1, -0.05) is 6.07 Å². The molecule has 0 bridgehead atoms. The molecule has 7 heteroatoms. The van der Waals surface area contributed by atoms with Gasteiger partial charge in [0.05, 0.1) is 0 Å². The van der Waals surface area contributed by atoms with Gasteiger partial charge in [-0.3, -0.25) is 4.90 Å². The van der Waals surface area contributed by atoms with E-state index in [2.05, 4.69) is 35.6 Å². The van der Waals surface area contributed by atoms with E-state index in [1.807, 2.05) is 18.3 Å². The summed E-state index contributed by atoms with van der Waals surface area (Å²) in [5.41, 5.74) is 3.10. The van der Waals surface area contributed by atoms with E-state index in [4.69, 9.17) is 0 Å². The van der Waals surface area contributed by atoms with Crippen LogP contribution in [0.1, 0.15) is 17.7 Å². The van der Waals surface area contributed by atoms with E-state index in [9.17, 15) is 4.39 Å². The third-order valence-corrected chi connectivity index (χ3v) is 4.68. The topological polar surface area (TPSA) is 58.4 Å². The van der Waals surface area contributed by atoms with Crippen molar-refractivity contribution in [1.29, 1.82) is 0 Å². The van der Waals surface area contributed by atoms with Gasteiger partial charge in [-0.25, -0.2) is 19.3 Å². The average Bonchev–Trinajstić information content (AvgIpc) is 3.23. The second-order valence-electron chi connectivity index (χ2n) is 6.47. The monoisotopic (exact) mass is 340 g/mol. The minimum atomic E-state index is -0.770. The van der Waals surface area contributed by atoms with Gasteiger partial charge in [-0.15, -0.1) is 0 Å². The molecule has 0 unspecified atom stereocenters. The number of hydrogen-bond donors (Lipinski definition) is 1. The summed E-state index contributed by atoms with van der Waals surface area (Å²) in [5, 5.41) is 3.47. The largest absolute Gasteiger partial charge is 0.310 e. The number of hydrogen-bond acceptors (Lipinski definition) is 5. The van der Waals surface area contributed by atoms with Crippen molar-refractivity contribution in [1.82, 2.24) is 29.6 Å². The molecular weight excluding hydrogens is 319 g/mol. The highest BCUT2D eigenvalue weighted by molar-refractivity contribution is 5.39. The number of fused-ring (bicyclic) bond motifs is 1. The highest BCUT2D eigenvalue weighted by atomic mass is 19.1. The van der Waals surface area contributed by atoms with E-state index in [-0.39, 0.29) is 6.04 Å². The van der Waals surface area contributed by atoms with Crippen LogP contribution in [0.5, 0.6) is 0 Å². The second-order valence-corrected chi connectivity index (χ2v) is 6.47. The summed E-state index contributed by atoms with van der Waals surface area (Å²) >= 11 is 0. The Bertz CT molecular complexity index is 821. The molecule has 1 fully saturated rings. The Labute approximate surface area is 145 Å². The van der Waals surface area contributed by atoms with Crippen LogP contribution in [0.3, 0.4) is 0 Å². The highest BCUT2D eigenvalue weighted by Gasteiger charge is 2.31. The maximum atomic E-state index is 13.9. The zero-order valence-corrected chi connectivity index (χ0v) is 13.9. The van der Waals surface area contributed by atoms with Crippen molar-refractivity contribution in [3.8, 4) is 0 Å². The number of pyridine rings is 1. The molecule has 4 heterocycles. The number of aromatic nitrogens is 4. The van der Waals surface area contributed by atoms with Crippen LogP contribution < -0.4 is 5.32 Å². The first kappa shape index (κ1) is 16.1. The molecular formula is C18H21FN6. The predicted molar refractivity (Wildman–Crippen MR) is 92.6 cm³/mol. The average molecular weight is 340 g/mol. The lowest BCUT2D eigenvalue weighted by Crippen LogP contribution is -2.37. The summed E-state index contributed by atoms with van der Waals surface area (Å²) in [4.78, 5) is 14.6. The van der Waals surface area contributed by atoms with Gasteiger partial charge in [-0.05, 0) is 18.6 Å². The van der Waals surface area contributed by atoms with Crippen LogP contribution in [0.4, 0.5) is 4.39 Å². The molecule has 1 saturated heterocycles. The molecule has 2 atom stereocenters. The van der Waals surface area contributed by atoms with E-state index in [1.54, 1.807) is 18.6 Å². The summed E-state index contributed by atoms with van der Waals surface area (Å²) in [5.74, 6) is 0. The smallest absolute Gasteiger partial charge is 0.136 e. The molecule has 130 valence electrons. The van der Waals surface area contributed by atoms with Crippen LogP contribution in [0.25, 0.3) is 5.65 Å². The summed E-state index contributed by atoms with van der Waals surface area (Å²) in [6.07, 6.45) is 8.66. The van der Waals surface area contributed by atoms with Crippen molar-refractivity contribution in [2.75, 3.05) is 13.1 Å². The Morgan fingerprint density at radius 1 is 1.24 bits per heavy atom. The van der Waals surface area contributed by atoms with E-state index in [0.717, 1.165) is 30.0 Å². The number of imidazole rings is 1. The number of nitrogens with zero attached hydrogens (tertiary/aromatic N) is 5. The molecule has 3 aromatic heterocycles. The zero-order chi connectivity index (χ0) is 17.1. The highest BCUT2D eigenvalue weighted by Crippen LogP contribution is 2.22. The molecule has 0 amide bonds. The van der Waals surface area contributed by atoms with Crippen LogP contribution >= 0.6 is 0 Å². The van der Waals surface area contributed by atoms with Crippen molar-refractivity contribution >= 4 is 5.65 Å². The van der Waals surface area contributed by atoms with Gasteiger partial charge >= 0.3 is 0 Å². The van der Waals surface area contributed by atoms with E-state index in [1.165, 1.54) is 6.33 Å². The van der Waals surface area contributed by atoms with Crippen molar-refractivity contribution in [3.63, 3.8) is 0 Å². The van der Waals surface area contributed by atoms with Crippen LogP contribution in [0.15, 0.2) is 49.3 Å². The lowest BCUT2D eigenvalue weighted by atomic mass is 10.2. The van der Waals surface area contributed by atoms with Gasteiger partial charge in [-0.2, -0.15) is 0 Å². The second kappa shape index (κ2) is 7.25.